The predicted octanol–water partition coefficient (Wildman–Crippen LogP) is 7.01. The third-order valence-electron chi connectivity index (χ3n) is 4.65. The molecule has 0 radical (unpaired) electrons. The van der Waals surface area contributed by atoms with Crippen molar-refractivity contribution in [2.45, 2.75) is 110 Å². The lowest BCUT2D eigenvalue weighted by atomic mass is 9.96. The van der Waals surface area contributed by atoms with E-state index < -0.39 is 0 Å². The number of hydrogen-bond acceptors (Lipinski definition) is 1. The lowest BCUT2D eigenvalue weighted by Gasteiger charge is -2.12. The Morgan fingerprint density at radius 2 is 1.18 bits per heavy atom. The van der Waals surface area contributed by atoms with Gasteiger partial charge in [0.15, 0.2) is 0 Å². The molecular formula is C21H43N. The number of allylic oxidation sites excluding steroid dienone is 2. The molecule has 0 heterocycles. The van der Waals surface area contributed by atoms with Gasteiger partial charge < -0.3 is 5.73 Å². The van der Waals surface area contributed by atoms with Crippen molar-refractivity contribution in [2.75, 3.05) is 6.54 Å². The van der Waals surface area contributed by atoms with Gasteiger partial charge in [0.05, 0.1) is 0 Å². The van der Waals surface area contributed by atoms with Crippen molar-refractivity contribution >= 4 is 0 Å². The van der Waals surface area contributed by atoms with Gasteiger partial charge in [-0.1, -0.05) is 83.8 Å². The highest BCUT2D eigenvalue weighted by Gasteiger charge is 2.04. The first kappa shape index (κ1) is 21.7. The maximum atomic E-state index is 5.80. The van der Waals surface area contributed by atoms with Crippen LogP contribution in [0, 0.1) is 5.92 Å². The Balaban J connectivity index is 3.20. The molecule has 1 nitrogen and oxygen atoms in total. The molecule has 0 rings (SSSR count). The lowest BCUT2D eigenvalue weighted by Crippen LogP contribution is -2.13. The van der Waals surface area contributed by atoms with Crippen LogP contribution in [-0.2, 0) is 0 Å². The van der Waals surface area contributed by atoms with E-state index in [0.717, 1.165) is 12.5 Å². The highest BCUT2D eigenvalue weighted by molar-refractivity contribution is 4.81. The normalized spacial score (nSPS) is 13.0. The van der Waals surface area contributed by atoms with Gasteiger partial charge in [-0.2, -0.15) is 0 Å². The van der Waals surface area contributed by atoms with Crippen molar-refractivity contribution in [2.24, 2.45) is 11.7 Å². The van der Waals surface area contributed by atoms with E-state index in [-0.39, 0.29) is 0 Å². The summed E-state index contributed by atoms with van der Waals surface area (Å²) in [7, 11) is 0. The first-order valence-corrected chi connectivity index (χ1v) is 10.2. The number of rotatable bonds is 17. The second kappa shape index (κ2) is 18.7. The van der Waals surface area contributed by atoms with Gasteiger partial charge in [-0.3, -0.25) is 0 Å². The molecule has 1 unspecified atom stereocenters. The fourth-order valence-corrected chi connectivity index (χ4v) is 3.12. The minimum absolute atomic E-state index is 0.780. The summed E-state index contributed by atoms with van der Waals surface area (Å²) in [4.78, 5) is 0. The third-order valence-corrected chi connectivity index (χ3v) is 4.65. The number of hydrogen-bond donors (Lipinski definition) is 1. The van der Waals surface area contributed by atoms with Crippen LogP contribution in [0.3, 0.4) is 0 Å². The van der Waals surface area contributed by atoms with Crippen LogP contribution in [-0.4, -0.2) is 6.54 Å². The maximum Gasteiger partial charge on any atom is -0.00489 e. The second-order valence-electron chi connectivity index (χ2n) is 6.91. The molecule has 0 fully saturated rings. The Morgan fingerprint density at radius 3 is 1.73 bits per heavy atom. The van der Waals surface area contributed by atoms with Crippen molar-refractivity contribution in [3.8, 4) is 0 Å². The molecule has 132 valence electrons. The van der Waals surface area contributed by atoms with E-state index in [1.165, 1.54) is 96.3 Å². The minimum Gasteiger partial charge on any atom is -0.330 e. The molecule has 0 aromatic rings. The molecule has 1 atom stereocenters. The first-order chi connectivity index (χ1) is 10.8. The summed E-state index contributed by atoms with van der Waals surface area (Å²) in [6.45, 7) is 5.43. The highest BCUT2D eigenvalue weighted by atomic mass is 14.5. The third kappa shape index (κ3) is 16.1. The van der Waals surface area contributed by atoms with E-state index in [0.29, 0.717) is 0 Å². The van der Waals surface area contributed by atoms with Gasteiger partial charge in [-0.15, -0.1) is 0 Å². The largest absolute Gasteiger partial charge is 0.330 e. The van der Waals surface area contributed by atoms with E-state index in [2.05, 4.69) is 26.0 Å². The molecule has 0 spiro atoms. The molecule has 0 aromatic heterocycles. The van der Waals surface area contributed by atoms with E-state index >= 15 is 0 Å². The standard InChI is InChI=1S/C21H43N/c1-3-5-6-7-8-9-10-11-12-13-14-15-16-17-19-21(20-22)18-4-2/h11-12,21H,3-10,13-20,22H2,1-2H3/b12-11+. The molecule has 0 aliphatic rings. The Morgan fingerprint density at radius 1 is 0.636 bits per heavy atom. The molecule has 0 aromatic carbocycles. The summed E-state index contributed by atoms with van der Waals surface area (Å²) in [5, 5.41) is 0. The monoisotopic (exact) mass is 309 g/mol. The van der Waals surface area contributed by atoms with Crippen molar-refractivity contribution in [3.05, 3.63) is 12.2 Å². The van der Waals surface area contributed by atoms with Crippen LogP contribution in [0.2, 0.25) is 0 Å². The molecule has 0 saturated heterocycles. The molecule has 0 aliphatic heterocycles. The van der Waals surface area contributed by atoms with Crippen LogP contribution < -0.4 is 5.73 Å². The minimum atomic E-state index is 0.780. The van der Waals surface area contributed by atoms with Crippen molar-refractivity contribution < 1.29 is 0 Å². The summed E-state index contributed by atoms with van der Waals surface area (Å²) >= 11 is 0. The Kier molecular flexibility index (Phi) is 18.5. The smallest absolute Gasteiger partial charge is 0.00489 e. The summed E-state index contributed by atoms with van der Waals surface area (Å²) in [6, 6.07) is 0. The average Bonchev–Trinajstić information content (AvgIpc) is 2.54. The zero-order chi connectivity index (χ0) is 16.3. The van der Waals surface area contributed by atoms with Crippen LogP contribution in [0.15, 0.2) is 12.2 Å². The zero-order valence-electron chi connectivity index (χ0n) is 15.6. The predicted molar refractivity (Wildman–Crippen MR) is 102 cm³/mol. The summed E-state index contributed by atoms with van der Waals surface area (Å²) in [5.41, 5.74) is 5.80. The van der Waals surface area contributed by atoms with Gasteiger partial charge in [-0.05, 0) is 51.0 Å². The molecular weight excluding hydrogens is 266 g/mol. The lowest BCUT2D eigenvalue weighted by molar-refractivity contribution is 0.429. The molecule has 0 saturated carbocycles. The van der Waals surface area contributed by atoms with Gasteiger partial charge in [0, 0.05) is 0 Å². The van der Waals surface area contributed by atoms with Crippen molar-refractivity contribution in [1.82, 2.24) is 0 Å². The zero-order valence-corrected chi connectivity index (χ0v) is 15.6. The Hall–Kier alpha value is -0.300. The van der Waals surface area contributed by atoms with Gasteiger partial charge in [0.1, 0.15) is 0 Å². The maximum absolute atomic E-state index is 5.80. The first-order valence-electron chi connectivity index (χ1n) is 10.2. The van der Waals surface area contributed by atoms with Crippen LogP contribution in [0.1, 0.15) is 110 Å². The number of nitrogens with two attached hydrogens (primary N) is 1. The molecule has 0 aliphatic carbocycles. The molecule has 0 bridgehead atoms. The van der Waals surface area contributed by atoms with E-state index in [1.54, 1.807) is 0 Å². The molecule has 2 N–H and O–H groups in total. The van der Waals surface area contributed by atoms with Gasteiger partial charge in [0.2, 0.25) is 0 Å². The SMILES string of the molecule is CCCCCCCC/C=C/CCCCCCC(CN)CCC. The van der Waals surface area contributed by atoms with Crippen molar-refractivity contribution in [1.29, 1.82) is 0 Å². The van der Waals surface area contributed by atoms with Gasteiger partial charge in [-0.25, -0.2) is 0 Å². The molecule has 1 heteroatoms. The van der Waals surface area contributed by atoms with Gasteiger partial charge in [0.25, 0.3) is 0 Å². The van der Waals surface area contributed by atoms with Gasteiger partial charge >= 0.3 is 0 Å². The quantitative estimate of drug-likeness (QED) is 0.227. The summed E-state index contributed by atoms with van der Waals surface area (Å²) in [5.74, 6) is 0.780. The van der Waals surface area contributed by atoms with E-state index in [4.69, 9.17) is 5.73 Å². The van der Waals surface area contributed by atoms with Crippen molar-refractivity contribution in [3.63, 3.8) is 0 Å². The van der Waals surface area contributed by atoms with Crippen LogP contribution in [0.5, 0.6) is 0 Å². The fraction of sp³-hybridized carbons (Fsp3) is 0.905. The highest BCUT2D eigenvalue weighted by Crippen LogP contribution is 2.15. The summed E-state index contributed by atoms with van der Waals surface area (Å²) in [6.07, 6.45) is 25.3. The fourth-order valence-electron chi connectivity index (χ4n) is 3.12. The second-order valence-corrected chi connectivity index (χ2v) is 6.91. The van der Waals surface area contributed by atoms with Crippen LogP contribution in [0.25, 0.3) is 0 Å². The van der Waals surface area contributed by atoms with Crippen LogP contribution in [0.4, 0.5) is 0 Å². The van der Waals surface area contributed by atoms with E-state index in [9.17, 15) is 0 Å². The molecule has 0 amide bonds. The topological polar surface area (TPSA) is 26.0 Å². The Bertz CT molecular complexity index is 222. The van der Waals surface area contributed by atoms with E-state index in [1.807, 2.05) is 0 Å². The Labute approximate surface area is 141 Å². The number of unbranched alkanes of at least 4 members (excludes halogenated alkanes) is 10. The van der Waals surface area contributed by atoms with Crippen LogP contribution >= 0.6 is 0 Å². The average molecular weight is 310 g/mol. The molecule has 22 heavy (non-hydrogen) atoms. The summed E-state index contributed by atoms with van der Waals surface area (Å²) < 4.78 is 0.